The third-order valence-electron chi connectivity index (χ3n) is 5.60. The van der Waals surface area contributed by atoms with Crippen LogP contribution in [0.5, 0.6) is 5.75 Å². The summed E-state index contributed by atoms with van der Waals surface area (Å²) in [5.41, 5.74) is 4.35. The molecule has 0 bridgehead atoms. The molecule has 0 fully saturated rings. The van der Waals surface area contributed by atoms with Crippen molar-refractivity contribution < 1.29 is 9.13 Å². The summed E-state index contributed by atoms with van der Waals surface area (Å²) in [4.78, 5) is 9.11. The van der Waals surface area contributed by atoms with Crippen molar-refractivity contribution in [2.75, 3.05) is 6.61 Å². The average molecular weight is 435 g/mol. The molecule has 1 unspecified atom stereocenters. The first-order chi connectivity index (χ1) is 15.7. The van der Waals surface area contributed by atoms with Crippen molar-refractivity contribution >= 4 is 0 Å². The number of alkyl halides is 1. The smallest absolute Gasteiger partial charge is 0.159 e. The van der Waals surface area contributed by atoms with Crippen LogP contribution >= 0.6 is 0 Å². The third kappa shape index (κ3) is 7.74. The normalized spacial score (nSPS) is 12.0. The zero-order chi connectivity index (χ0) is 22.6. The summed E-state index contributed by atoms with van der Waals surface area (Å²) in [7, 11) is 0. The number of hydrogen-bond donors (Lipinski definition) is 0. The van der Waals surface area contributed by atoms with E-state index in [9.17, 15) is 4.39 Å². The van der Waals surface area contributed by atoms with Crippen LogP contribution in [0.25, 0.3) is 22.5 Å². The maximum atomic E-state index is 12.9. The number of aromatic nitrogens is 2. The van der Waals surface area contributed by atoms with Crippen molar-refractivity contribution in [2.24, 2.45) is 0 Å². The van der Waals surface area contributed by atoms with Gasteiger partial charge in [0.25, 0.3) is 0 Å². The molecule has 0 radical (unpaired) electrons. The summed E-state index contributed by atoms with van der Waals surface area (Å²) in [5.74, 6) is 1.39. The van der Waals surface area contributed by atoms with Crippen molar-refractivity contribution in [3.05, 3.63) is 66.5 Å². The Labute approximate surface area is 192 Å². The molecule has 1 aromatic heterocycles. The molecule has 0 N–H and O–H groups in total. The lowest BCUT2D eigenvalue weighted by Gasteiger charge is -2.08. The van der Waals surface area contributed by atoms with E-state index in [4.69, 9.17) is 4.74 Å². The summed E-state index contributed by atoms with van der Waals surface area (Å²) in [6.45, 7) is 3.81. The summed E-state index contributed by atoms with van der Waals surface area (Å²) in [6, 6.07) is 16.2. The van der Waals surface area contributed by atoms with Gasteiger partial charge in [-0.05, 0) is 43.0 Å². The van der Waals surface area contributed by atoms with Crippen molar-refractivity contribution in [2.45, 2.75) is 71.4 Å². The second-order valence-corrected chi connectivity index (χ2v) is 8.48. The third-order valence-corrected chi connectivity index (χ3v) is 5.60. The number of unbranched alkanes of at least 4 members (excludes halogenated alkanes) is 6. The fraction of sp³-hybridized carbons (Fsp3) is 0.429. The molecule has 3 rings (SSSR count). The van der Waals surface area contributed by atoms with Gasteiger partial charge < -0.3 is 4.74 Å². The van der Waals surface area contributed by atoms with Crippen LogP contribution in [0.15, 0.2) is 60.9 Å². The van der Waals surface area contributed by atoms with Crippen LogP contribution in [0.2, 0.25) is 0 Å². The molecule has 0 saturated carbocycles. The lowest BCUT2D eigenvalue weighted by molar-refractivity contribution is 0.210. The van der Waals surface area contributed by atoms with Crippen LogP contribution < -0.4 is 4.74 Å². The Balaban J connectivity index is 1.50. The molecule has 3 nitrogen and oxygen atoms in total. The van der Waals surface area contributed by atoms with Crippen molar-refractivity contribution in [3.8, 4) is 28.3 Å². The monoisotopic (exact) mass is 434 g/mol. The summed E-state index contributed by atoms with van der Waals surface area (Å²) < 4.78 is 18.3. The molecule has 170 valence electrons. The molecule has 0 saturated heterocycles. The largest absolute Gasteiger partial charge is 0.491 e. The Morgan fingerprint density at radius 3 is 1.97 bits per heavy atom. The fourth-order valence-electron chi connectivity index (χ4n) is 3.69. The second-order valence-electron chi connectivity index (χ2n) is 8.48. The van der Waals surface area contributed by atoms with Gasteiger partial charge in [-0.15, -0.1) is 0 Å². The number of hydrogen-bond acceptors (Lipinski definition) is 3. The molecular weight excluding hydrogens is 399 g/mol. The van der Waals surface area contributed by atoms with Gasteiger partial charge in [0, 0.05) is 23.5 Å². The van der Waals surface area contributed by atoms with E-state index in [1.54, 1.807) is 0 Å². The highest BCUT2D eigenvalue weighted by molar-refractivity contribution is 5.64. The van der Waals surface area contributed by atoms with E-state index >= 15 is 0 Å². The van der Waals surface area contributed by atoms with Crippen LogP contribution in [0.4, 0.5) is 4.39 Å². The van der Waals surface area contributed by atoms with Gasteiger partial charge in [0.1, 0.15) is 18.5 Å². The van der Waals surface area contributed by atoms with E-state index in [2.05, 4.69) is 41.2 Å². The quantitative estimate of drug-likeness (QED) is 0.257. The number of ether oxygens (including phenoxy) is 1. The molecule has 0 aliphatic carbocycles. The van der Waals surface area contributed by atoms with E-state index in [1.165, 1.54) is 57.4 Å². The number of nitrogens with zero attached hydrogens (tertiary/aromatic N) is 2. The van der Waals surface area contributed by atoms with Crippen molar-refractivity contribution in [1.82, 2.24) is 9.97 Å². The summed E-state index contributed by atoms with van der Waals surface area (Å²) in [6.07, 6.45) is 13.2. The lowest BCUT2D eigenvalue weighted by Crippen LogP contribution is -2.08. The maximum absolute atomic E-state index is 12.9. The van der Waals surface area contributed by atoms with Crippen LogP contribution in [0.3, 0.4) is 0 Å². The van der Waals surface area contributed by atoms with Gasteiger partial charge in [-0.2, -0.15) is 0 Å². The fourth-order valence-corrected chi connectivity index (χ4v) is 3.69. The minimum Gasteiger partial charge on any atom is -0.491 e. The molecule has 3 aromatic rings. The first-order valence-corrected chi connectivity index (χ1v) is 11.9. The van der Waals surface area contributed by atoms with E-state index in [-0.39, 0.29) is 6.61 Å². The molecule has 0 aliphatic heterocycles. The number of benzene rings is 2. The topological polar surface area (TPSA) is 35.0 Å². The molecular formula is C28H35FN2O. The molecule has 0 spiro atoms. The van der Waals surface area contributed by atoms with Gasteiger partial charge in [-0.3, -0.25) is 0 Å². The zero-order valence-corrected chi connectivity index (χ0v) is 19.4. The Hall–Kier alpha value is -2.75. The Bertz CT molecular complexity index is 906. The van der Waals surface area contributed by atoms with Crippen LogP contribution in [-0.4, -0.2) is 22.7 Å². The molecule has 2 aromatic carbocycles. The number of halogens is 1. The molecule has 32 heavy (non-hydrogen) atoms. The minimum absolute atomic E-state index is 0.0645. The zero-order valence-electron chi connectivity index (χ0n) is 19.4. The Morgan fingerprint density at radius 2 is 1.34 bits per heavy atom. The minimum atomic E-state index is -0.981. The summed E-state index contributed by atoms with van der Waals surface area (Å²) >= 11 is 0. The molecule has 1 atom stereocenters. The number of rotatable bonds is 13. The van der Waals surface area contributed by atoms with Gasteiger partial charge in [-0.1, -0.05) is 81.8 Å². The highest BCUT2D eigenvalue weighted by Crippen LogP contribution is 2.23. The highest BCUT2D eigenvalue weighted by Gasteiger charge is 2.05. The molecule has 4 heteroatoms. The summed E-state index contributed by atoms with van der Waals surface area (Å²) in [5, 5.41) is 0. The van der Waals surface area contributed by atoms with E-state index in [0.29, 0.717) is 5.75 Å². The standard InChI is InChI=1S/C28H35FN2O/c1-3-4-5-6-7-8-9-10-23-11-13-25(14-12-23)28-30-19-26(20-31-28)24-15-17-27(18-16-24)32-21-22(2)29/h11-20,22H,3-10,21H2,1-2H3. The predicted molar refractivity (Wildman–Crippen MR) is 131 cm³/mol. The van der Waals surface area contributed by atoms with Gasteiger partial charge in [0.15, 0.2) is 5.82 Å². The lowest BCUT2D eigenvalue weighted by atomic mass is 10.0. The van der Waals surface area contributed by atoms with Crippen molar-refractivity contribution in [1.29, 1.82) is 0 Å². The SMILES string of the molecule is CCCCCCCCCc1ccc(-c2ncc(-c3ccc(OCC(C)F)cc3)cn2)cc1. The average Bonchev–Trinajstić information content (AvgIpc) is 2.83. The first kappa shape index (κ1) is 23.9. The van der Waals surface area contributed by atoms with E-state index in [1.807, 2.05) is 36.7 Å². The maximum Gasteiger partial charge on any atom is 0.159 e. The van der Waals surface area contributed by atoms with E-state index in [0.717, 1.165) is 28.9 Å². The second kappa shape index (κ2) is 12.9. The van der Waals surface area contributed by atoms with Crippen LogP contribution in [-0.2, 0) is 6.42 Å². The predicted octanol–water partition coefficient (Wildman–Crippen LogP) is 7.84. The van der Waals surface area contributed by atoms with Crippen LogP contribution in [0, 0.1) is 0 Å². The van der Waals surface area contributed by atoms with Gasteiger partial charge in [0.05, 0.1) is 0 Å². The highest BCUT2D eigenvalue weighted by atomic mass is 19.1. The van der Waals surface area contributed by atoms with Gasteiger partial charge in [0.2, 0.25) is 0 Å². The molecule has 0 aliphatic rings. The molecule has 0 amide bonds. The Morgan fingerprint density at radius 1 is 0.750 bits per heavy atom. The van der Waals surface area contributed by atoms with E-state index < -0.39 is 6.17 Å². The van der Waals surface area contributed by atoms with Crippen LogP contribution in [0.1, 0.15) is 64.4 Å². The molecule has 1 heterocycles. The number of aryl methyl sites for hydroxylation is 1. The van der Waals surface area contributed by atoms with Crippen molar-refractivity contribution in [3.63, 3.8) is 0 Å². The Kier molecular flexibility index (Phi) is 9.67. The van der Waals surface area contributed by atoms with Gasteiger partial charge >= 0.3 is 0 Å². The first-order valence-electron chi connectivity index (χ1n) is 11.9. The van der Waals surface area contributed by atoms with Gasteiger partial charge in [-0.25, -0.2) is 14.4 Å².